The SMILES string of the molecule is CC(C)(C)CNc1c(C#N)cnc2c(C#N)cc(NC(c3cn(C4(C#N)CC4)nn3)c3cccc(C#N)c3Cl)cc12. The molecule has 5 rings (SSSR count). The molecule has 0 spiro atoms. The Labute approximate surface area is 242 Å². The first-order valence-corrected chi connectivity index (χ1v) is 13.3. The molecule has 4 aromatic rings. The van der Waals surface area contributed by atoms with Gasteiger partial charge in [0.2, 0.25) is 0 Å². The van der Waals surface area contributed by atoms with Gasteiger partial charge in [-0.05, 0) is 36.5 Å². The van der Waals surface area contributed by atoms with Crippen molar-refractivity contribution in [3.8, 4) is 24.3 Å². The lowest BCUT2D eigenvalue weighted by Crippen LogP contribution is -2.20. The first-order chi connectivity index (χ1) is 19.6. The van der Waals surface area contributed by atoms with E-state index in [9.17, 15) is 21.0 Å². The lowest BCUT2D eigenvalue weighted by Gasteiger charge is -2.23. The van der Waals surface area contributed by atoms with E-state index < -0.39 is 11.6 Å². The van der Waals surface area contributed by atoms with Crippen molar-refractivity contribution >= 4 is 33.9 Å². The minimum atomic E-state index is -0.710. The Morgan fingerprint density at radius 1 is 1.05 bits per heavy atom. The molecule has 0 radical (unpaired) electrons. The fourth-order valence-corrected chi connectivity index (χ4v) is 4.84. The van der Waals surface area contributed by atoms with E-state index in [4.69, 9.17) is 11.6 Å². The smallest absolute Gasteiger partial charge is 0.150 e. The Morgan fingerprint density at radius 2 is 1.78 bits per heavy atom. The van der Waals surface area contributed by atoms with Crippen LogP contribution in [0.15, 0.2) is 42.7 Å². The summed E-state index contributed by atoms with van der Waals surface area (Å²) in [6.07, 6.45) is 4.55. The quantitative estimate of drug-likeness (QED) is 0.285. The van der Waals surface area contributed by atoms with Crippen LogP contribution < -0.4 is 10.6 Å². The molecule has 1 fully saturated rings. The zero-order chi connectivity index (χ0) is 29.4. The number of hydrogen-bond donors (Lipinski definition) is 2. The lowest BCUT2D eigenvalue weighted by molar-refractivity contribution is 0.443. The summed E-state index contributed by atoms with van der Waals surface area (Å²) in [6, 6.07) is 16.8. The first-order valence-electron chi connectivity index (χ1n) is 12.9. The molecular weight excluding hydrogens is 536 g/mol. The topological polar surface area (TPSA) is 163 Å². The molecule has 2 aromatic carbocycles. The second kappa shape index (κ2) is 10.4. The molecule has 202 valence electrons. The fourth-order valence-electron chi connectivity index (χ4n) is 4.57. The molecule has 2 N–H and O–H groups in total. The van der Waals surface area contributed by atoms with Crippen molar-refractivity contribution in [2.75, 3.05) is 17.2 Å². The summed E-state index contributed by atoms with van der Waals surface area (Å²) in [5.41, 5.74) is 2.85. The number of nitrogens with one attached hydrogen (secondary N) is 2. The van der Waals surface area contributed by atoms with Crippen LogP contribution in [-0.2, 0) is 5.54 Å². The Kier molecular flexibility index (Phi) is 6.97. The number of hydrogen-bond acceptors (Lipinski definition) is 9. The Bertz CT molecular complexity index is 1840. The van der Waals surface area contributed by atoms with Crippen molar-refractivity contribution in [2.24, 2.45) is 5.41 Å². The van der Waals surface area contributed by atoms with Crippen LogP contribution in [0.2, 0.25) is 5.02 Å². The Morgan fingerprint density at radius 3 is 2.41 bits per heavy atom. The van der Waals surface area contributed by atoms with Crippen LogP contribution in [0.3, 0.4) is 0 Å². The van der Waals surface area contributed by atoms with Gasteiger partial charge in [-0.1, -0.05) is 49.7 Å². The highest BCUT2D eigenvalue weighted by Crippen LogP contribution is 2.43. The van der Waals surface area contributed by atoms with Crippen LogP contribution >= 0.6 is 11.6 Å². The molecule has 1 aliphatic rings. The van der Waals surface area contributed by atoms with Crippen LogP contribution in [0, 0.1) is 50.7 Å². The van der Waals surface area contributed by atoms with Gasteiger partial charge in [-0.15, -0.1) is 5.10 Å². The van der Waals surface area contributed by atoms with E-state index >= 15 is 0 Å². The minimum absolute atomic E-state index is 0.0714. The maximum absolute atomic E-state index is 10.0. The monoisotopic (exact) mass is 560 g/mol. The van der Waals surface area contributed by atoms with Gasteiger partial charge in [-0.25, -0.2) is 4.68 Å². The predicted octanol–water partition coefficient (Wildman–Crippen LogP) is 5.77. The number of pyridine rings is 1. The summed E-state index contributed by atoms with van der Waals surface area (Å²) < 4.78 is 1.57. The molecule has 0 amide bonds. The van der Waals surface area contributed by atoms with Gasteiger partial charge < -0.3 is 10.6 Å². The summed E-state index contributed by atoms with van der Waals surface area (Å²) >= 11 is 6.68. The summed E-state index contributed by atoms with van der Waals surface area (Å²) in [4.78, 5) is 4.42. The maximum Gasteiger partial charge on any atom is 0.150 e. The zero-order valence-electron chi connectivity index (χ0n) is 22.7. The van der Waals surface area contributed by atoms with Crippen molar-refractivity contribution < 1.29 is 0 Å². The fraction of sp³-hybridized carbons (Fsp3) is 0.300. The van der Waals surface area contributed by atoms with Crippen LogP contribution in [0.4, 0.5) is 11.4 Å². The average Bonchev–Trinajstić information content (AvgIpc) is 3.61. The van der Waals surface area contributed by atoms with Crippen molar-refractivity contribution in [3.63, 3.8) is 0 Å². The molecule has 0 saturated heterocycles. The maximum atomic E-state index is 10.0. The summed E-state index contributed by atoms with van der Waals surface area (Å²) in [5.74, 6) is 0. The summed E-state index contributed by atoms with van der Waals surface area (Å²) in [6.45, 7) is 6.83. The van der Waals surface area contributed by atoms with Crippen LogP contribution in [0.5, 0.6) is 0 Å². The number of anilines is 2. The molecule has 2 aromatic heterocycles. The lowest BCUT2D eigenvalue weighted by atomic mass is 9.96. The molecule has 1 atom stereocenters. The first kappa shape index (κ1) is 27.4. The standard InChI is InChI=1S/C30H25ClN10/c1-29(2,3)17-37-27-20(13-34)14-36-26-19(12-33)9-21(10-23(26)27)38-28(22-6-4-5-18(11-32)25(22)31)24-15-41(40-39-24)30(16-35)7-8-30/h4-6,9-10,14-15,28,38H,7-8,17H2,1-3H3,(H,36,37). The summed E-state index contributed by atoms with van der Waals surface area (Å²) in [7, 11) is 0. The Balaban J connectivity index is 1.66. The van der Waals surface area contributed by atoms with E-state index in [1.807, 2.05) is 6.07 Å². The van der Waals surface area contributed by atoms with Gasteiger partial charge >= 0.3 is 0 Å². The minimum Gasteiger partial charge on any atom is -0.383 e. The predicted molar refractivity (Wildman–Crippen MR) is 154 cm³/mol. The molecule has 1 saturated carbocycles. The third-order valence-electron chi connectivity index (χ3n) is 6.96. The normalized spacial score (nSPS) is 14.2. The average molecular weight is 561 g/mol. The number of nitriles is 4. The molecule has 1 unspecified atom stereocenters. The molecule has 0 bridgehead atoms. The van der Waals surface area contributed by atoms with E-state index in [0.717, 1.165) is 0 Å². The van der Waals surface area contributed by atoms with Crippen molar-refractivity contribution in [2.45, 2.75) is 45.2 Å². The molecule has 1 aliphatic carbocycles. The van der Waals surface area contributed by atoms with E-state index in [-0.39, 0.29) is 10.4 Å². The third-order valence-corrected chi connectivity index (χ3v) is 7.38. The molecule has 41 heavy (non-hydrogen) atoms. The van der Waals surface area contributed by atoms with Gasteiger partial charge in [-0.2, -0.15) is 21.0 Å². The van der Waals surface area contributed by atoms with Crippen molar-refractivity contribution in [1.82, 2.24) is 20.0 Å². The Hall–Kier alpha value is -5.16. The van der Waals surface area contributed by atoms with E-state index in [0.29, 0.717) is 69.6 Å². The molecule has 2 heterocycles. The van der Waals surface area contributed by atoms with Crippen molar-refractivity contribution in [3.05, 3.63) is 75.7 Å². The molecule has 10 nitrogen and oxygen atoms in total. The molecule has 0 aliphatic heterocycles. The van der Waals surface area contributed by atoms with E-state index in [1.165, 1.54) is 6.20 Å². The van der Waals surface area contributed by atoms with Gasteiger partial charge in [0.15, 0.2) is 5.54 Å². The van der Waals surface area contributed by atoms with E-state index in [1.54, 1.807) is 35.1 Å². The van der Waals surface area contributed by atoms with Crippen molar-refractivity contribution in [1.29, 1.82) is 21.0 Å². The van der Waals surface area contributed by atoms with Crippen LogP contribution in [0.25, 0.3) is 10.9 Å². The second-order valence-corrected chi connectivity index (χ2v) is 11.6. The second-order valence-electron chi connectivity index (χ2n) is 11.2. The number of rotatable bonds is 7. The van der Waals surface area contributed by atoms with Gasteiger partial charge in [0, 0.05) is 29.4 Å². The number of halogens is 1. The van der Waals surface area contributed by atoms with E-state index in [2.05, 4.69) is 71.0 Å². The zero-order valence-corrected chi connectivity index (χ0v) is 23.5. The van der Waals surface area contributed by atoms with Crippen LogP contribution in [0.1, 0.15) is 67.6 Å². The number of benzene rings is 2. The highest BCUT2D eigenvalue weighted by atomic mass is 35.5. The number of fused-ring (bicyclic) bond motifs is 1. The van der Waals surface area contributed by atoms with Gasteiger partial charge in [-0.3, -0.25) is 4.98 Å². The summed E-state index contributed by atoms with van der Waals surface area (Å²) in [5, 5.41) is 55.4. The third kappa shape index (κ3) is 5.22. The molecular formula is C30H25ClN10. The highest BCUT2D eigenvalue weighted by molar-refractivity contribution is 6.32. The van der Waals surface area contributed by atoms with Crippen LogP contribution in [-0.4, -0.2) is 26.5 Å². The van der Waals surface area contributed by atoms with Gasteiger partial charge in [0.1, 0.15) is 23.9 Å². The number of nitrogens with zero attached hydrogens (tertiary/aromatic N) is 8. The molecule has 11 heteroatoms. The largest absolute Gasteiger partial charge is 0.383 e. The van der Waals surface area contributed by atoms with Gasteiger partial charge in [0.05, 0.1) is 51.2 Å². The number of aromatic nitrogens is 4. The highest BCUT2D eigenvalue weighted by Gasteiger charge is 2.47. The van der Waals surface area contributed by atoms with Gasteiger partial charge in [0.25, 0.3) is 0 Å².